The van der Waals surface area contributed by atoms with Crippen LogP contribution in [0.2, 0.25) is 5.02 Å². The van der Waals surface area contributed by atoms with Gasteiger partial charge in [-0.1, -0.05) is 39.7 Å². The van der Waals surface area contributed by atoms with Gasteiger partial charge in [0.1, 0.15) is 11.6 Å². The maximum absolute atomic E-state index is 6.13. The molecule has 0 fully saturated rings. The molecule has 0 radical (unpaired) electrons. The molecule has 0 aliphatic heterocycles. The summed E-state index contributed by atoms with van der Waals surface area (Å²) < 4.78 is 8.22. The van der Waals surface area contributed by atoms with Gasteiger partial charge in [-0.15, -0.1) is 0 Å². The average Bonchev–Trinajstić information content (AvgIpc) is 2.95. The van der Waals surface area contributed by atoms with E-state index in [9.17, 15) is 0 Å². The summed E-state index contributed by atoms with van der Waals surface area (Å²) in [5.41, 5.74) is 2.17. The van der Waals surface area contributed by atoms with E-state index in [2.05, 4.69) is 37.6 Å². The summed E-state index contributed by atoms with van der Waals surface area (Å²) in [4.78, 5) is 4.46. The lowest BCUT2D eigenvalue weighted by Crippen LogP contribution is -2.01. The maximum atomic E-state index is 6.13. The number of ether oxygens (including phenoxy) is 1. The van der Waals surface area contributed by atoms with Gasteiger partial charge in [0.15, 0.2) is 0 Å². The lowest BCUT2D eigenvalue weighted by atomic mass is 10.2. The van der Waals surface area contributed by atoms with Crippen molar-refractivity contribution in [3.8, 4) is 17.1 Å². The molecule has 1 aromatic heterocycles. The molecule has 0 N–H and O–H groups in total. The topological polar surface area (TPSA) is 27.1 Å². The van der Waals surface area contributed by atoms with Gasteiger partial charge >= 0.3 is 0 Å². The Kier molecular flexibility index (Phi) is 4.50. The quantitative estimate of drug-likeness (QED) is 0.638. The molecule has 1 heterocycles. The Bertz CT molecular complexity index is 763. The first-order chi connectivity index (χ1) is 10.7. The monoisotopic (exact) mass is 376 g/mol. The highest BCUT2D eigenvalue weighted by molar-refractivity contribution is 9.10. The lowest BCUT2D eigenvalue weighted by molar-refractivity contribution is 0.414. The molecule has 0 saturated carbocycles. The van der Waals surface area contributed by atoms with Crippen LogP contribution in [0.5, 0.6) is 5.75 Å². The molecule has 3 nitrogen and oxygen atoms in total. The second kappa shape index (κ2) is 6.55. The molecule has 22 heavy (non-hydrogen) atoms. The normalized spacial score (nSPS) is 10.7. The number of benzene rings is 2. The van der Waals surface area contributed by atoms with Gasteiger partial charge in [0.25, 0.3) is 0 Å². The number of hydrogen-bond acceptors (Lipinski definition) is 2. The van der Waals surface area contributed by atoms with Crippen molar-refractivity contribution in [2.24, 2.45) is 0 Å². The number of aromatic nitrogens is 2. The van der Waals surface area contributed by atoms with Crippen LogP contribution in [0.4, 0.5) is 0 Å². The van der Waals surface area contributed by atoms with Gasteiger partial charge in [-0.2, -0.15) is 0 Å². The van der Waals surface area contributed by atoms with E-state index in [1.165, 1.54) is 5.56 Å². The van der Waals surface area contributed by atoms with E-state index in [0.717, 1.165) is 28.2 Å². The molecule has 2 aromatic carbocycles. The molecule has 0 unspecified atom stereocenters. The molecule has 5 heteroatoms. The standard InChI is InChI=1S/C17H14BrClN2O/c1-22-16-4-2-12(3-5-16)11-21-7-6-20-17(21)13-8-14(18)10-15(19)9-13/h2-10H,11H2,1H3. The molecule has 0 aliphatic rings. The van der Waals surface area contributed by atoms with Gasteiger partial charge < -0.3 is 9.30 Å². The Morgan fingerprint density at radius 3 is 2.64 bits per heavy atom. The van der Waals surface area contributed by atoms with Crippen molar-refractivity contribution < 1.29 is 4.74 Å². The van der Waals surface area contributed by atoms with Crippen LogP contribution < -0.4 is 4.74 Å². The summed E-state index contributed by atoms with van der Waals surface area (Å²) in [6, 6.07) is 13.8. The predicted molar refractivity (Wildman–Crippen MR) is 92.5 cm³/mol. The number of hydrogen-bond donors (Lipinski definition) is 0. The molecule has 0 bridgehead atoms. The zero-order chi connectivity index (χ0) is 15.5. The Labute approximate surface area is 142 Å². The number of methoxy groups -OCH3 is 1. The zero-order valence-electron chi connectivity index (χ0n) is 12.0. The SMILES string of the molecule is COc1ccc(Cn2ccnc2-c2cc(Cl)cc(Br)c2)cc1. The second-order valence-corrected chi connectivity index (χ2v) is 6.24. The summed E-state index contributed by atoms with van der Waals surface area (Å²) in [6.45, 7) is 0.740. The predicted octanol–water partition coefficient (Wildman–Crippen LogP) is 5.02. The van der Waals surface area contributed by atoms with Gasteiger partial charge in [0.05, 0.1) is 7.11 Å². The second-order valence-electron chi connectivity index (χ2n) is 4.88. The largest absolute Gasteiger partial charge is 0.497 e. The first-order valence-corrected chi connectivity index (χ1v) is 7.93. The van der Waals surface area contributed by atoms with Crippen LogP contribution in [0.3, 0.4) is 0 Å². The van der Waals surface area contributed by atoms with Crippen molar-refractivity contribution in [1.29, 1.82) is 0 Å². The van der Waals surface area contributed by atoms with Gasteiger partial charge in [-0.05, 0) is 35.9 Å². The molecule has 0 aliphatic carbocycles. The van der Waals surface area contributed by atoms with E-state index >= 15 is 0 Å². The van der Waals surface area contributed by atoms with Crippen LogP contribution in [0.25, 0.3) is 11.4 Å². The summed E-state index contributed by atoms with van der Waals surface area (Å²) in [6.07, 6.45) is 3.77. The fourth-order valence-corrected chi connectivity index (χ4v) is 3.17. The van der Waals surface area contributed by atoms with E-state index < -0.39 is 0 Å². The van der Waals surface area contributed by atoms with E-state index in [0.29, 0.717) is 5.02 Å². The molecule has 3 rings (SSSR count). The van der Waals surface area contributed by atoms with Crippen LogP contribution in [0, 0.1) is 0 Å². The van der Waals surface area contributed by atoms with E-state index in [4.69, 9.17) is 16.3 Å². The summed E-state index contributed by atoms with van der Waals surface area (Å²) in [5.74, 6) is 1.74. The van der Waals surface area contributed by atoms with Gasteiger partial charge in [-0.3, -0.25) is 0 Å². The minimum absolute atomic E-state index is 0.684. The summed E-state index contributed by atoms with van der Waals surface area (Å²) in [7, 11) is 1.67. The molecular formula is C17H14BrClN2O. The fourth-order valence-electron chi connectivity index (χ4n) is 2.31. The van der Waals surface area contributed by atoms with Crippen LogP contribution in [-0.2, 0) is 6.54 Å². The third-order valence-electron chi connectivity index (χ3n) is 3.35. The van der Waals surface area contributed by atoms with Crippen molar-refractivity contribution >= 4 is 27.5 Å². The number of halogens is 2. The minimum Gasteiger partial charge on any atom is -0.497 e. The molecular weight excluding hydrogens is 364 g/mol. The van der Waals surface area contributed by atoms with Crippen molar-refractivity contribution in [3.05, 3.63) is 69.9 Å². The van der Waals surface area contributed by atoms with Crippen molar-refractivity contribution in [2.75, 3.05) is 7.11 Å². The number of nitrogens with zero attached hydrogens (tertiary/aromatic N) is 2. The van der Waals surface area contributed by atoms with Crippen LogP contribution in [0.15, 0.2) is 59.3 Å². The highest BCUT2D eigenvalue weighted by Gasteiger charge is 2.08. The van der Waals surface area contributed by atoms with Gasteiger partial charge in [0.2, 0.25) is 0 Å². The van der Waals surface area contributed by atoms with Gasteiger partial charge in [-0.25, -0.2) is 4.98 Å². The first-order valence-electron chi connectivity index (χ1n) is 6.76. The van der Waals surface area contributed by atoms with Crippen molar-refractivity contribution in [2.45, 2.75) is 6.54 Å². The Hall–Kier alpha value is -1.78. The van der Waals surface area contributed by atoms with Crippen LogP contribution >= 0.6 is 27.5 Å². The molecule has 3 aromatic rings. The Balaban J connectivity index is 1.91. The smallest absolute Gasteiger partial charge is 0.140 e. The van der Waals surface area contributed by atoms with Crippen LogP contribution in [-0.4, -0.2) is 16.7 Å². The third kappa shape index (κ3) is 3.34. The van der Waals surface area contributed by atoms with Crippen molar-refractivity contribution in [3.63, 3.8) is 0 Å². The van der Waals surface area contributed by atoms with E-state index in [-0.39, 0.29) is 0 Å². The molecule has 0 saturated heterocycles. The van der Waals surface area contributed by atoms with E-state index in [1.54, 1.807) is 13.3 Å². The highest BCUT2D eigenvalue weighted by atomic mass is 79.9. The van der Waals surface area contributed by atoms with Crippen molar-refractivity contribution in [1.82, 2.24) is 9.55 Å². The molecule has 0 atom stereocenters. The fraction of sp³-hybridized carbons (Fsp3) is 0.118. The molecule has 0 spiro atoms. The molecule has 0 amide bonds. The third-order valence-corrected chi connectivity index (χ3v) is 4.02. The summed E-state index contributed by atoms with van der Waals surface area (Å²) in [5, 5.41) is 0.684. The first kappa shape index (κ1) is 15.1. The van der Waals surface area contributed by atoms with Gasteiger partial charge in [0, 0.05) is 34.0 Å². The lowest BCUT2D eigenvalue weighted by Gasteiger charge is -2.09. The molecule has 112 valence electrons. The minimum atomic E-state index is 0.684. The average molecular weight is 378 g/mol. The van der Waals surface area contributed by atoms with E-state index in [1.807, 2.05) is 36.5 Å². The Morgan fingerprint density at radius 1 is 1.18 bits per heavy atom. The highest BCUT2D eigenvalue weighted by Crippen LogP contribution is 2.27. The maximum Gasteiger partial charge on any atom is 0.140 e. The number of imidazole rings is 1. The number of rotatable bonds is 4. The summed E-state index contributed by atoms with van der Waals surface area (Å²) >= 11 is 9.60. The van der Waals surface area contributed by atoms with Crippen LogP contribution in [0.1, 0.15) is 5.56 Å². The Morgan fingerprint density at radius 2 is 1.95 bits per heavy atom. The zero-order valence-corrected chi connectivity index (χ0v) is 14.3.